The minimum Gasteiger partial charge on any atom is -0.488 e. The van der Waals surface area contributed by atoms with Crippen molar-refractivity contribution >= 4 is 16.4 Å². The Bertz CT molecular complexity index is 1420. The number of ether oxygens (including phenoxy) is 1. The van der Waals surface area contributed by atoms with Gasteiger partial charge in [0.25, 0.3) is 0 Å². The molecule has 0 aliphatic carbocycles. The molecule has 2 N–H and O–H groups in total. The monoisotopic (exact) mass is 424 g/mol. The van der Waals surface area contributed by atoms with Crippen molar-refractivity contribution in [1.29, 1.82) is 0 Å². The fourth-order valence-corrected chi connectivity index (χ4v) is 4.24. The number of fused-ring (bicyclic) bond motifs is 2. The average molecular weight is 425 g/mol. The summed E-state index contributed by atoms with van der Waals surface area (Å²) >= 11 is 0. The first-order valence-corrected chi connectivity index (χ1v) is 10.6. The number of benzene rings is 2. The number of rotatable bonds is 5. The molecular formula is C27H24N2O3. The van der Waals surface area contributed by atoms with Gasteiger partial charge in [-0.1, -0.05) is 42.5 Å². The molecule has 0 aliphatic heterocycles. The van der Waals surface area contributed by atoms with Gasteiger partial charge in [0.2, 0.25) is 0 Å². The van der Waals surface area contributed by atoms with Crippen molar-refractivity contribution < 1.29 is 14.9 Å². The number of hydrogen-bond donors (Lipinski definition) is 2. The average Bonchev–Trinajstić information content (AvgIpc) is 3.14. The van der Waals surface area contributed by atoms with Crippen LogP contribution in [0.25, 0.3) is 27.8 Å². The first kappa shape index (κ1) is 20.2. The molecule has 3 heterocycles. The number of aryl methyl sites for hydroxylation is 2. The second-order valence-electron chi connectivity index (χ2n) is 8.02. The van der Waals surface area contributed by atoms with E-state index in [1.807, 2.05) is 80.7 Å². The molecule has 0 radical (unpaired) electrons. The van der Waals surface area contributed by atoms with Gasteiger partial charge >= 0.3 is 0 Å². The van der Waals surface area contributed by atoms with Gasteiger partial charge in [0.05, 0.1) is 22.3 Å². The van der Waals surface area contributed by atoms with E-state index in [0.717, 1.165) is 27.9 Å². The van der Waals surface area contributed by atoms with Crippen LogP contribution >= 0.6 is 0 Å². The van der Waals surface area contributed by atoms with Crippen LogP contribution in [-0.4, -0.2) is 19.6 Å². The van der Waals surface area contributed by atoms with Crippen LogP contribution in [0, 0.1) is 13.8 Å². The van der Waals surface area contributed by atoms with Crippen LogP contribution in [0.1, 0.15) is 28.5 Å². The predicted octanol–water partition coefficient (Wildman–Crippen LogP) is 5.33. The molecule has 0 saturated heterocycles. The molecule has 5 heteroatoms. The molecule has 5 rings (SSSR count). The summed E-state index contributed by atoms with van der Waals surface area (Å²) in [5.74, 6) is 0.577. The van der Waals surface area contributed by atoms with Crippen LogP contribution in [0.15, 0.2) is 79.0 Å². The van der Waals surface area contributed by atoms with Crippen molar-refractivity contribution in [1.82, 2.24) is 9.38 Å². The van der Waals surface area contributed by atoms with Gasteiger partial charge in [-0.25, -0.2) is 4.98 Å². The summed E-state index contributed by atoms with van der Waals surface area (Å²) < 4.78 is 8.18. The number of aliphatic hydroxyl groups excluding tert-OH is 1. The Hall–Kier alpha value is -3.67. The highest BCUT2D eigenvalue weighted by Crippen LogP contribution is 2.37. The Balaban J connectivity index is 1.70. The van der Waals surface area contributed by atoms with Crippen molar-refractivity contribution in [2.75, 3.05) is 0 Å². The lowest BCUT2D eigenvalue weighted by Gasteiger charge is -2.17. The maximum atomic E-state index is 10.3. The van der Waals surface area contributed by atoms with E-state index in [9.17, 15) is 10.2 Å². The summed E-state index contributed by atoms with van der Waals surface area (Å²) in [4.78, 5) is 4.96. The fraction of sp³-hybridized carbons (Fsp3) is 0.148. The third kappa shape index (κ3) is 3.51. The summed E-state index contributed by atoms with van der Waals surface area (Å²) in [5, 5.41) is 21.2. The summed E-state index contributed by atoms with van der Waals surface area (Å²) in [7, 11) is 0. The molecule has 2 aromatic carbocycles. The predicted molar refractivity (Wildman–Crippen MR) is 126 cm³/mol. The van der Waals surface area contributed by atoms with Gasteiger partial charge in [0.1, 0.15) is 12.4 Å². The molecule has 0 amide bonds. The minimum absolute atomic E-state index is 0.377. The topological polar surface area (TPSA) is 67.0 Å². The molecular weight excluding hydrogens is 400 g/mol. The number of hydrogen-bond acceptors (Lipinski definition) is 4. The van der Waals surface area contributed by atoms with Crippen molar-refractivity contribution in [2.24, 2.45) is 0 Å². The molecule has 160 valence electrons. The minimum atomic E-state index is -1.66. The SMILES string of the molecule is Cc1cc2ccccn2c1-c1cc(C(O)O)c2c(OCc3ccccc3)ccc(C)c2n1. The number of aliphatic hydroxyl groups is 2. The van der Waals surface area contributed by atoms with Gasteiger partial charge in [-0.05, 0) is 60.9 Å². The van der Waals surface area contributed by atoms with Gasteiger partial charge in [0, 0.05) is 17.3 Å². The standard InChI is InChI=1S/C27H24N2O3/c1-17-11-12-23(32-16-19-8-4-3-5-9-19)24-21(27(30)31)15-22(28-25(17)24)26-18(2)14-20-10-6-7-13-29(20)26/h3-15,27,30-31H,16H2,1-2H3. The van der Waals surface area contributed by atoms with E-state index in [0.29, 0.717) is 34.5 Å². The summed E-state index contributed by atoms with van der Waals surface area (Å²) in [6, 6.07) is 23.6. The Morgan fingerprint density at radius 2 is 1.69 bits per heavy atom. The molecule has 5 nitrogen and oxygen atoms in total. The van der Waals surface area contributed by atoms with Gasteiger partial charge in [0.15, 0.2) is 6.29 Å². The lowest BCUT2D eigenvalue weighted by molar-refractivity contribution is -0.0414. The fourth-order valence-electron chi connectivity index (χ4n) is 4.24. The zero-order valence-corrected chi connectivity index (χ0v) is 18.0. The molecule has 0 unspecified atom stereocenters. The summed E-state index contributed by atoms with van der Waals surface area (Å²) in [6.07, 6.45) is 0.330. The van der Waals surface area contributed by atoms with E-state index in [2.05, 4.69) is 10.5 Å². The number of pyridine rings is 2. The van der Waals surface area contributed by atoms with Crippen molar-refractivity contribution in [3.05, 3.63) is 101 Å². The molecule has 3 aromatic heterocycles. The maximum absolute atomic E-state index is 10.3. The van der Waals surface area contributed by atoms with Gasteiger partial charge in [-0.15, -0.1) is 0 Å². The zero-order chi connectivity index (χ0) is 22.2. The van der Waals surface area contributed by atoms with Gasteiger partial charge < -0.3 is 19.4 Å². The zero-order valence-electron chi connectivity index (χ0n) is 18.0. The van der Waals surface area contributed by atoms with Crippen molar-refractivity contribution in [3.8, 4) is 17.1 Å². The third-order valence-corrected chi connectivity index (χ3v) is 5.78. The van der Waals surface area contributed by atoms with E-state index < -0.39 is 6.29 Å². The molecule has 32 heavy (non-hydrogen) atoms. The van der Waals surface area contributed by atoms with E-state index in [1.165, 1.54) is 0 Å². The van der Waals surface area contributed by atoms with E-state index in [-0.39, 0.29) is 0 Å². The van der Waals surface area contributed by atoms with Gasteiger partial charge in [-0.3, -0.25) is 0 Å². The van der Waals surface area contributed by atoms with Crippen LogP contribution in [0.5, 0.6) is 5.75 Å². The highest BCUT2D eigenvalue weighted by Gasteiger charge is 2.20. The maximum Gasteiger partial charge on any atom is 0.179 e. The molecule has 5 aromatic rings. The van der Waals surface area contributed by atoms with Crippen LogP contribution in [0.3, 0.4) is 0 Å². The third-order valence-electron chi connectivity index (χ3n) is 5.78. The van der Waals surface area contributed by atoms with Crippen LogP contribution < -0.4 is 4.74 Å². The number of aromatic nitrogens is 2. The summed E-state index contributed by atoms with van der Waals surface area (Å²) in [5.41, 5.74) is 6.79. The van der Waals surface area contributed by atoms with Crippen molar-refractivity contribution in [2.45, 2.75) is 26.7 Å². The Kier molecular flexibility index (Phi) is 5.13. The lowest BCUT2D eigenvalue weighted by Crippen LogP contribution is -2.04. The normalized spacial score (nSPS) is 11.5. The largest absolute Gasteiger partial charge is 0.488 e. The van der Waals surface area contributed by atoms with Crippen LogP contribution in [0.4, 0.5) is 0 Å². The second-order valence-corrected chi connectivity index (χ2v) is 8.02. The molecule has 0 saturated carbocycles. The lowest BCUT2D eigenvalue weighted by atomic mass is 10.0. The molecule has 0 bridgehead atoms. The van der Waals surface area contributed by atoms with Crippen LogP contribution in [-0.2, 0) is 6.61 Å². The highest BCUT2D eigenvalue weighted by molar-refractivity contribution is 5.93. The van der Waals surface area contributed by atoms with Crippen molar-refractivity contribution in [3.63, 3.8) is 0 Å². The van der Waals surface area contributed by atoms with Crippen LogP contribution in [0.2, 0.25) is 0 Å². The Morgan fingerprint density at radius 3 is 2.47 bits per heavy atom. The Morgan fingerprint density at radius 1 is 0.906 bits per heavy atom. The second kappa shape index (κ2) is 8.11. The quantitative estimate of drug-likeness (QED) is 0.374. The smallest absolute Gasteiger partial charge is 0.179 e. The first-order chi connectivity index (χ1) is 15.5. The van der Waals surface area contributed by atoms with Gasteiger partial charge in [-0.2, -0.15) is 0 Å². The van der Waals surface area contributed by atoms with E-state index >= 15 is 0 Å². The van der Waals surface area contributed by atoms with E-state index in [4.69, 9.17) is 9.72 Å². The highest BCUT2D eigenvalue weighted by atomic mass is 16.5. The number of nitrogens with zero attached hydrogens (tertiary/aromatic N) is 2. The molecule has 0 spiro atoms. The first-order valence-electron chi connectivity index (χ1n) is 10.6. The Labute approximate surface area is 186 Å². The molecule has 0 aliphatic rings. The molecule has 0 atom stereocenters. The van der Waals surface area contributed by atoms with E-state index in [1.54, 1.807) is 6.07 Å². The molecule has 0 fully saturated rings. The summed E-state index contributed by atoms with van der Waals surface area (Å²) in [6.45, 7) is 4.39.